The first-order valence-electron chi connectivity index (χ1n) is 5.10. The number of benzene rings is 1. The molecule has 2 aromatic rings. The lowest BCUT2D eigenvalue weighted by atomic mass is 10.1. The Kier molecular flexibility index (Phi) is 3.48. The van der Waals surface area contributed by atoms with Crippen molar-refractivity contribution in [1.82, 2.24) is 9.36 Å². The normalized spacial score (nSPS) is 12.4. The van der Waals surface area contributed by atoms with Gasteiger partial charge in [0.2, 0.25) is 5.13 Å². The Balaban J connectivity index is 1.91. The van der Waals surface area contributed by atoms with Gasteiger partial charge < -0.3 is 11.1 Å². The molecule has 3 N–H and O–H groups in total. The highest BCUT2D eigenvalue weighted by molar-refractivity contribution is 7.09. The van der Waals surface area contributed by atoms with E-state index >= 15 is 0 Å². The monoisotopic (exact) mass is 234 g/mol. The quantitative estimate of drug-likeness (QED) is 0.848. The molecule has 16 heavy (non-hydrogen) atoms. The van der Waals surface area contributed by atoms with Crippen LogP contribution in [0, 0.1) is 6.92 Å². The zero-order valence-electron chi connectivity index (χ0n) is 9.05. The maximum absolute atomic E-state index is 6.04. The molecule has 1 atom stereocenters. The highest BCUT2D eigenvalue weighted by Gasteiger charge is 2.06. The Hall–Kier alpha value is -1.46. The summed E-state index contributed by atoms with van der Waals surface area (Å²) < 4.78 is 4.09. The highest BCUT2D eigenvalue weighted by Crippen LogP contribution is 2.13. The van der Waals surface area contributed by atoms with E-state index in [1.807, 2.05) is 37.3 Å². The summed E-state index contributed by atoms with van der Waals surface area (Å²) >= 11 is 1.36. The highest BCUT2D eigenvalue weighted by atomic mass is 32.1. The third-order valence-electron chi connectivity index (χ3n) is 2.23. The first-order chi connectivity index (χ1) is 7.75. The van der Waals surface area contributed by atoms with Gasteiger partial charge in [0.25, 0.3) is 0 Å². The summed E-state index contributed by atoms with van der Waals surface area (Å²) in [4.78, 5) is 4.22. The minimum atomic E-state index is -0.0228. The van der Waals surface area contributed by atoms with E-state index < -0.39 is 0 Å². The fourth-order valence-electron chi connectivity index (χ4n) is 1.38. The van der Waals surface area contributed by atoms with Crippen LogP contribution in [0.25, 0.3) is 0 Å². The van der Waals surface area contributed by atoms with E-state index in [-0.39, 0.29) is 6.04 Å². The lowest BCUT2D eigenvalue weighted by molar-refractivity contribution is 0.763. The van der Waals surface area contributed by atoms with Gasteiger partial charge in [0.15, 0.2) is 0 Å². The molecule has 0 aliphatic heterocycles. The Morgan fingerprint density at radius 1 is 1.38 bits per heavy atom. The Morgan fingerprint density at radius 2 is 2.12 bits per heavy atom. The second-order valence-corrected chi connectivity index (χ2v) is 4.30. The second kappa shape index (κ2) is 5.05. The fraction of sp³-hybridized carbons (Fsp3) is 0.273. The van der Waals surface area contributed by atoms with Crippen molar-refractivity contribution in [3.8, 4) is 0 Å². The van der Waals surface area contributed by atoms with E-state index in [4.69, 9.17) is 5.73 Å². The minimum absolute atomic E-state index is 0.0228. The maximum Gasteiger partial charge on any atom is 0.202 e. The molecular weight excluding hydrogens is 220 g/mol. The van der Waals surface area contributed by atoms with E-state index in [2.05, 4.69) is 14.7 Å². The Labute approximate surface area is 98.7 Å². The summed E-state index contributed by atoms with van der Waals surface area (Å²) in [5, 5.41) is 4.01. The van der Waals surface area contributed by atoms with Gasteiger partial charge in [-0.1, -0.05) is 30.3 Å². The van der Waals surface area contributed by atoms with E-state index in [1.165, 1.54) is 11.5 Å². The fourth-order valence-corrected chi connectivity index (χ4v) is 1.96. The van der Waals surface area contributed by atoms with Crippen molar-refractivity contribution in [2.45, 2.75) is 13.0 Å². The number of nitrogens with two attached hydrogens (primary N) is 1. The molecule has 0 spiro atoms. The summed E-state index contributed by atoms with van der Waals surface area (Å²) in [5.41, 5.74) is 7.17. The van der Waals surface area contributed by atoms with Gasteiger partial charge in [0.1, 0.15) is 5.82 Å². The standard InChI is InChI=1S/C11H14N4S/c1-8-14-11(16-15-8)13-7-10(12)9-5-3-2-4-6-9/h2-6,10H,7,12H2,1H3,(H,13,14,15). The van der Waals surface area contributed by atoms with Gasteiger partial charge in [-0.3, -0.25) is 0 Å². The number of anilines is 1. The number of rotatable bonds is 4. The van der Waals surface area contributed by atoms with Crippen molar-refractivity contribution < 1.29 is 0 Å². The van der Waals surface area contributed by atoms with Crippen LogP contribution in [0.3, 0.4) is 0 Å². The molecule has 0 radical (unpaired) electrons. The summed E-state index contributed by atoms with van der Waals surface area (Å²) in [7, 11) is 0. The SMILES string of the molecule is Cc1nsc(NCC(N)c2ccccc2)n1. The first-order valence-corrected chi connectivity index (χ1v) is 5.88. The van der Waals surface area contributed by atoms with E-state index in [1.54, 1.807) is 0 Å². The summed E-state index contributed by atoms with van der Waals surface area (Å²) in [5.74, 6) is 0.792. The van der Waals surface area contributed by atoms with Crippen LogP contribution in [-0.4, -0.2) is 15.9 Å². The van der Waals surface area contributed by atoms with Crippen LogP contribution < -0.4 is 11.1 Å². The number of nitrogens with zero attached hydrogens (tertiary/aromatic N) is 2. The molecule has 0 bridgehead atoms. The Morgan fingerprint density at radius 3 is 2.75 bits per heavy atom. The van der Waals surface area contributed by atoms with Gasteiger partial charge in [-0.05, 0) is 12.5 Å². The molecule has 0 aliphatic rings. The van der Waals surface area contributed by atoms with Crippen molar-refractivity contribution in [2.24, 2.45) is 5.73 Å². The molecule has 0 amide bonds. The van der Waals surface area contributed by atoms with Gasteiger partial charge in [-0.2, -0.15) is 4.37 Å². The van der Waals surface area contributed by atoms with Gasteiger partial charge in [-0.25, -0.2) is 4.98 Å². The van der Waals surface area contributed by atoms with Crippen LogP contribution >= 0.6 is 11.5 Å². The molecule has 5 heteroatoms. The molecule has 1 aromatic carbocycles. The molecule has 0 fully saturated rings. The van der Waals surface area contributed by atoms with Crippen molar-refractivity contribution >= 4 is 16.7 Å². The lowest BCUT2D eigenvalue weighted by Gasteiger charge is -2.11. The first kappa shape index (κ1) is 11.0. The zero-order valence-corrected chi connectivity index (χ0v) is 9.87. The number of aromatic nitrogens is 2. The minimum Gasteiger partial charge on any atom is -0.358 e. The third-order valence-corrected chi connectivity index (χ3v) is 2.99. The Bertz CT molecular complexity index is 440. The third kappa shape index (κ3) is 2.77. The largest absolute Gasteiger partial charge is 0.358 e. The molecule has 0 saturated carbocycles. The predicted molar refractivity (Wildman–Crippen MR) is 66.5 cm³/mol. The molecule has 0 saturated heterocycles. The van der Waals surface area contributed by atoms with E-state index in [0.29, 0.717) is 6.54 Å². The van der Waals surface area contributed by atoms with Crippen LogP contribution in [0.1, 0.15) is 17.4 Å². The van der Waals surface area contributed by atoms with Crippen molar-refractivity contribution in [2.75, 3.05) is 11.9 Å². The smallest absolute Gasteiger partial charge is 0.202 e. The number of hydrogen-bond acceptors (Lipinski definition) is 5. The second-order valence-electron chi connectivity index (χ2n) is 3.54. The molecule has 4 nitrogen and oxygen atoms in total. The molecular formula is C11H14N4S. The van der Waals surface area contributed by atoms with Gasteiger partial charge >= 0.3 is 0 Å². The maximum atomic E-state index is 6.04. The van der Waals surface area contributed by atoms with E-state index in [0.717, 1.165) is 16.5 Å². The van der Waals surface area contributed by atoms with Crippen LogP contribution in [-0.2, 0) is 0 Å². The average molecular weight is 234 g/mol. The van der Waals surface area contributed by atoms with Crippen molar-refractivity contribution in [3.05, 3.63) is 41.7 Å². The summed E-state index contributed by atoms with van der Waals surface area (Å²) in [6, 6.07) is 9.99. The topological polar surface area (TPSA) is 63.8 Å². The van der Waals surface area contributed by atoms with Crippen LogP contribution in [0.4, 0.5) is 5.13 Å². The molecule has 84 valence electrons. The lowest BCUT2D eigenvalue weighted by Crippen LogP contribution is -2.20. The van der Waals surface area contributed by atoms with Crippen LogP contribution in [0.5, 0.6) is 0 Å². The van der Waals surface area contributed by atoms with Gasteiger partial charge in [-0.15, -0.1) is 0 Å². The summed E-state index contributed by atoms with van der Waals surface area (Å²) in [6.45, 7) is 2.54. The van der Waals surface area contributed by atoms with Crippen molar-refractivity contribution in [1.29, 1.82) is 0 Å². The van der Waals surface area contributed by atoms with Crippen LogP contribution in [0.2, 0.25) is 0 Å². The molecule has 1 unspecified atom stereocenters. The van der Waals surface area contributed by atoms with Gasteiger partial charge in [0.05, 0.1) is 0 Å². The molecule has 1 aromatic heterocycles. The zero-order chi connectivity index (χ0) is 11.4. The summed E-state index contributed by atoms with van der Waals surface area (Å²) in [6.07, 6.45) is 0. The predicted octanol–water partition coefficient (Wildman–Crippen LogP) is 1.96. The number of hydrogen-bond donors (Lipinski definition) is 2. The molecule has 0 aliphatic carbocycles. The average Bonchev–Trinajstić information content (AvgIpc) is 2.73. The van der Waals surface area contributed by atoms with Gasteiger partial charge in [0, 0.05) is 24.1 Å². The molecule has 1 heterocycles. The van der Waals surface area contributed by atoms with Crippen molar-refractivity contribution in [3.63, 3.8) is 0 Å². The van der Waals surface area contributed by atoms with Crippen LogP contribution in [0.15, 0.2) is 30.3 Å². The molecule has 2 rings (SSSR count). The van der Waals surface area contributed by atoms with E-state index in [9.17, 15) is 0 Å². The number of aryl methyl sites for hydroxylation is 1. The number of nitrogens with one attached hydrogen (secondary N) is 1.